The molecule has 0 N–H and O–H groups in total. The van der Waals surface area contributed by atoms with E-state index in [-0.39, 0.29) is 11.5 Å². The maximum atomic E-state index is 12.6. The van der Waals surface area contributed by atoms with E-state index in [1.54, 1.807) is 17.9 Å². The fourth-order valence-electron chi connectivity index (χ4n) is 4.64. The van der Waals surface area contributed by atoms with Crippen LogP contribution in [-0.2, 0) is 25.4 Å². The first-order chi connectivity index (χ1) is 15.0. The van der Waals surface area contributed by atoms with Crippen LogP contribution in [0.5, 0.6) is 0 Å². The highest BCUT2D eigenvalue weighted by Gasteiger charge is 2.22. The van der Waals surface area contributed by atoms with Crippen LogP contribution in [0.1, 0.15) is 25.7 Å². The van der Waals surface area contributed by atoms with Crippen LogP contribution in [0.2, 0.25) is 0 Å². The first kappa shape index (κ1) is 21.8. The van der Waals surface area contributed by atoms with Gasteiger partial charge in [0, 0.05) is 66.3 Å². The van der Waals surface area contributed by atoms with Gasteiger partial charge in [-0.25, -0.2) is 9.78 Å². The van der Waals surface area contributed by atoms with Gasteiger partial charge < -0.3 is 14.4 Å². The molecular formula is C21H33N7O3. The predicted octanol–water partition coefficient (Wildman–Crippen LogP) is -0.546. The lowest BCUT2D eigenvalue weighted by atomic mass is 10.2. The van der Waals surface area contributed by atoms with Crippen molar-refractivity contribution in [1.82, 2.24) is 33.4 Å². The summed E-state index contributed by atoms with van der Waals surface area (Å²) in [6.45, 7) is 8.66. The number of piperazine rings is 1. The van der Waals surface area contributed by atoms with Crippen LogP contribution in [0, 0.1) is 0 Å². The summed E-state index contributed by atoms with van der Waals surface area (Å²) in [5.74, 6) is 0.170. The fourth-order valence-corrected chi connectivity index (χ4v) is 4.64. The Morgan fingerprint density at radius 1 is 0.903 bits per heavy atom. The molecule has 31 heavy (non-hydrogen) atoms. The molecule has 0 aliphatic carbocycles. The molecule has 0 aromatic carbocycles. The SMILES string of the molecule is Cn1c(=O)c2c(ncn2CCCC(=O)N2CCN(CCN3CCCC3)CC2)n(C)c1=O. The van der Waals surface area contributed by atoms with Gasteiger partial charge in [-0.1, -0.05) is 0 Å². The molecule has 2 aromatic heterocycles. The first-order valence-electron chi connectivity index (χ1n) is 11.3. The molecule has 0 spiro atoms. The Labute approximate surface area is 181 Å². The summed E-state index contributed by atoms with van der Waals surface area (Å²) in [5, 5.41) is 0. The number of imidazole rings is 1. The molecule has 10 heteroatoms. The first-order valence-corrected chi connectivity index (χ1v) is 11.3. The van der Waals surface area contributed by atoms with Crippen molar-refractivity contribution in [2.75, 3.05) is 52.4 Å². The number of hydrogen-bond donors (Lipinski definition) is 0. The maximum absolute atomic E-state index is 12.6. The van der Waals surface area contributed by atoms with Crippen LogP contribution < -0.4 is 11.2 Å². The summed E-state index contributed by atoms with van der Waals surface area (Å²) < 4.78 is 4.22. The summed E-state index contributed by atoms with van der Waals surface area (Å²) in [6, 6.07) is 0. The lowest BCUT2D eigenvalue weighted by Crippen LogP contribution is -2.50. The topological polar surface area (TPSA) is 88.6 Å². The van der Waals surface area contributed by atoms with E-state index in [1.165, 1.54) is 37.5 Å². The number of aryl methyl sites for hydroxylation is 2. The Balaban J connectivity index is 1.25. The number of rotatable bonds is 7. The maximum Gasteiger partial charge on any atom is 0.332 e. The predicted molar refractivity (Wildman–Crippen MR) is 118 cm³/mol. The van der Waals surface area contributed by atoms with Crippen LogP contribution in [0.3, 0.4) is 0 Å². The van der Waals surface area contributed by atoms with Crippen molar-refractivity contribution < 1.29 is 4.79 Å². The molecule has 170 valence electrons. The summed E-state index contributed by atoms with van der Waals surface area (Å²) in [6.07, 6.45) is 5.30. The number of carbonyl (C=O) groups excluding carboxylic acids is 1. The van der Waals surface area contributed by atoms with Crippen LogP contribution >= 0.6 is 0 Å². The van der Waals surface area contributed by atoms with Crippen molar-refractivity contribution >= 4 is 17.1 Å². The molecular weight excluding hydrogens is 398 g/mol. The van der Waals surface area contributed by atoms with E-state index < -0.39 is 5.69 Å². The third-order valence-electron chi connectivity index (χ3n) is 6.66. The van der Waals surface area contributed by atoms with Crippen molar-refractivity contribution in [3.05, 3.63) is 27.2 Å². The minimum absolute atomic E-state index is 0.170. The summed E-state index contributed by atoms with van der Waals surface area (Å²) in [5.41, 5.74) is 0.0395. The van der Waals surface area contributed by atoms with Crippen molar-refractivity contribution in [2.45, 2.75) is 32.2 Å². The quantitative estimate of drug-likeness (QED) is 0.585. The van der Waals surface area contributed by atoms with E-state index in [4.69, 9.17) is 0 Å². The van der Waals surface area contributed by atoms with E-state index in [0.717, 1.165) is 43.8 Å². The van der Waals surface area contributed by atoms with Gasteiger partial charge in [0.2, 0.25) is 5.91 Å². The van der Waals surface area contributed by atoms with Crippen LogP contribution in [0.25, 0.3) is 11.2 Å². The zero-order valence-electron chi connectivity index (χ0n) is 18.6. The molecule has 2 aromatic rings. The molecule has 2 fully saturated rings. The smallest absolute Gasteiger partial charge is 0.332 e. The Morgan fingerprint density at radius 2 is 1.55 bits per heavy atom. The molecule has 1 amide bonds. The van der Waals surface area contributed by atoms with Crippen molar-refractivity contribution in [1.29, 1.82) is 0 Å². The molecule has 2 aliphatic rings. The van der Waals surface area contributed by atoms with Crippen LogP contribution in [0.15, 0.2) is 15.9 Å². The van der Waals surface area contributed by atoms with Gasteiger partial charge in [0.15, 0.2) is 11.2 Å². The number of nitrogens with zero attached hydrogens (tertiary/aromatic N) is 7. The number of fused-ring (bicyclic) bond motifs is 1. The molecule has 0 bridgehead atoms. The molecule has 4 rings (SSSR count). The fraction of sp³-hybridized carbons (Fsp3) is 0.714. The van der Waals surface area contributed by atoms with Gasteiger partial charge in [-0.15, -0.1) is 0 Å². The van der Waals surface area contributed by atoms with Crippen molar-refractivity contribution in [3.63, 3.8) is 0 Å². The summed E-state index contributed by atoms with van der Waals surface area (Å²) in [7, 11) is 3.07. The van der Waals surface area contributed by atoms with E-state index >= 15 is 0 Å². The molecule has 10 nitrogen and oxygen atoms in total. The third kappa shape index (κ3) is 4.59. The molecule has 2 aliphatic heterocycles. The number of hydrogen-bond acceptors (Lipinski definition) is 6. The highest BCUT2D eigenvalue weighted by molar-refractivity contribution is 5.76. The summed E-state index contributed by atoms with van der Waals surface area (Å²) in [4.78, 5) is 48.4. The largest absolute Gasteiger partial charge is 0.340 e. The molecule has 0 atom stereocenters. The highest BCUT2D eigenvalue weighted by Crippen LogP contribution is 2.11. The normalized spacial score (nSPS) is 18.3. The zero-order chi connectivity index (χ0) is 22.0. The van der Waals surface area contributed by atoms with Gasteiger partial charge in [-0.3, -0.25) is 23.6 Å². The lowest BCUT2D eigenvalue weighted by molar-refractivity contribution is -0.133. The van der Waals surface area contributed by atoms with E-state index in [1.807, 2.05) is 4.90 Å². The zero-order valence-corrected chi connectivity index (χ0v) is 18.6. The minimum Gasteiger partial charge on any atom is -0.340 e. The van der Waals surface area contributed by atoms with Gasteiger partial charge >= 0.3 is 5.69 Å². The van der Waals surface area contributed by atoms with Crippen molar-refractivity contribution in [2.24, 2.45) is 14.1 Å². The van der Waals surface area contributed by atoms with E-state index in [0.29, 0.717) is 30.6 Å². The van der Waals surface area contributed by atoms with Crippen LogP contribution in [0.4, 0.5) is 0 Å². The van der Waals surface area contributed by atoms with Gasteiger partial charge in [-0.2, -0.15) is 0 Å². The highest BCUT2D eigenvalue weighted by atomic mass is 16.2. The molecule has 4 heterocycles. The number of aromatic nitrogens is 4. The second-order valence-electron chi connectivity index (χ2n) is 8.69. The monoisotopic (exact) mass is 431 g/mol. The minimum atomic E-state index is -0.391. The number of amides is 1. The van der Waals surface area contributed by atoms with Gasteiger partial charge in [-0.05, 0) is 32.4 Å². The average molecular weight is 432 g/mol. The van der Waals surface area contributed by atoms with Crippen LogP contribution in [-0.4, -0.2) is 91.7 Å². The number of likely N-dealkylation sites (tertiary alicyclic amines) is 1. The van der Waals surface area contributed by atoms with Gasteiger partial charge in [0.05, 0.1) is 6.33 Å². The molecule has 0 radical (unpaired) electrons. The Hall–Kier alpha value is -2.46. The molecule has 0 saturated carbocycles. The standard InChI is InChI=1S/C21H33N7O3/c1-23-19-18(20(30)24(2)21(23)31)28(16-22-19)9-5-6-17(29)27-14-12-26(13-15-27)11-10-25-7-3-4-8-25/h16H,3-15H2,1-2H3. The van der Waals surface area contributed by atoms with E-state index in [2.05, 4.69) is 14.8 Å². The Morgan fingerprint density at radius 3 is 2.23 bits per heavy atom. The second kappa shape index (κ2) is 9.35. The Bertz CT molecular complexity index is 1040. The van der Waals surface area contributed by atoms with Gasteiger partial charge in [0.1, 0.15) is 0 Å². The number of carbonyl (C=O) groups is 1. The molecule has 2 saturated heterocycles. The molecule has 0 unspecified atom stereocenters. The lowest BCUT2D eigenvalue weighted by Gasteiger charge is -2.35. The second-order valence-corrected chi connectivity index (χ2v) is 8.69. The van der Waals surface area contributed by atoms with E-state index in [9.17, 15) is 14.4 Å². The Kier molecular flexibility index (Phi) is 6.57. The average Bonchev–Trinajstić information content (AvgIpc) is 3.45. The van der Waals surface area contributed by atoms with Crippen molar-refractivity contribution in [3.8, 4) is 0 Å². The summed E-state index contributed by atoms with van der Waals surface area (Å²) >= 11 is 0. The van der Waals surface area contributed by atoms with Gasteiger partial charge in [0.25, 0.3) is 5.56 Å². The third-order valence-corrected chi connectivity index (χ3v) is 6.66.